The Morgan fingerprint density at radius 2 is 1.56 bits per heavy atom. The van der Waals surface area contributed by atoms with Gasteiger partial charge in [0.1, 0.15) is 0 Å². The topological polar surface area (TPSA) is 18.5 Å². The maximum Gasteiger partial charge on any atom is 0.185 e. The molecule has 5 fully saturated rings. The van der Waals surface area contributed by atoms with Crippen molar-refractivity contribution < 1.29 is 9.47 Å². The van der Waals surface area contributed by atoms with Gasteiger partial charge in [-0.1, -0.05) is 53.9 Å². The Kier molecular flexibility index (Phi) is 6.51. The zero-order valence-corrected chi connectivity index (χ0v) is 22.3. The van der Waals surface area contributed by atoms with Crippen LogP contribution in [0.1, 0.15) is 105 Å². The van der Waals surface area contributed by atoms with E-state index in [9.17, 15) is 0 Å². The van der Waals surface area contributed by atoms with E-state index in [4.69, 9.17) is 21.1 Å². The van der Waals surface area contributed by atoms with Gasteiger partial charge in [0.15, 0.2) is 5.79 Å². The Hall–Kier alpha value is 0.210. The van der Waals surface area contributed by atoms with E-state index in [1.807, 2.05) is 0 Å². The van der Waals surface area contributed by atoms with Crippen LogP contribution in [0.2, 0.25) is 0 Å². The first-order valence-corrected chi connectivity index (χ1v) is 14.6. The molecule has 1 aliphatic heterocycles. The van der Waals surface area contributed by atoms with Crippen molar-refractivity contribution >= 4 is 11.6 Å². The van der Waals surface area contributed by atoms with Crippen molar-refractivity contribution in [3.8, 4) is 0 Å². The molecule has 0 radical (unpaired) electrons. The van der Waals surface area contributed by atoms with E-state index in [0.29, 0.717) is 16.7 Å². The largest absolute Gasteiger partial charge is 0.346 e. The van der Waals surface area contributed by atoms with Gasteiger partial charge in [-0.25, -0.2) is 0 Å². The summed E-state index contributed by atoms with van der Waals surface area (Å²) in [5.41, 5.74) is 0.952. The first-order chi connectivity index (χ1) is 15.2. The summed E-state index contributed by atoms with van der Waals surface area (Å²) in [7, 11) is 0. The molecule has 1 saturated heterocycles. The molecule has 184 valence electrons. The third-order valence-electron chi connectivity index (χ3n) is 11.7. The molecule has 5 rings (SSSR count). The molecule has 4 saturated carbocycles. The normalized spacial score (nSPS) is 48.5. The Labute approximate surface area is 202 Å². The van der Waals surface area contributed by atoms with Gasteiger partial charge < -0.3 is 9.47 Å². The molecule has 0 aromatic rings. The van der Waals surface area contributed by atoms with E-state index in [0.717, 1.165) is 61.6 Å². The smallest absolute Gasteiger partial charge is 0.185 e. The minimum absolute atomic E-state index is 0.00983. The highest BCUT2D eigenvalue weighted by atomic mass is 35.5. The minimum atomic E-state index is -0.481. The average molecular weight is 465 g/mol. The molecular formula is C29H49ClO2. The summed E-state index contributed by atoms with van der Waals surface area (Å²) >= 11 is 7.04. The molecule has 4 aliphatic carbocycles. The zero-order valence-electron chi connectivity index (χ0n) is 21.5. The van der Waals surface area contributed by atoms with Crippen LogP contribution in [0.15, 0.2) is 0 Å². The lowest BCUT2D eigenvalue weighted by Crippen LogP contribution is -2.59. The highest BCUT2D eigenvalue weighted by Gasteiger charge is 2.64. The van der Waals surface area contributed by atoms with Crippen LogP contribution in [0, 0.1) is 52.3 Å². The Bertz CT molecular complexity index is 672. The highest BCUT2D eigenvalue weighted by molar-refractivity contribution is 6.21. The molecule has 0 N–H and O–H groups in total. The molecule has 0 amide bonds. The number of hydrogen-bond donors (Lipinski definition) is 0. The van der Waals surface area contributed by atoms with Gasteiger partial charge in [-0.05, 0) is 97.2 Å². The van der Waals surface area contributed by atoms with Crippen LogP contribution in [-0.2, 0) is 9.47 Å². The third-order valence-corrected chi connectivity index (χ3v) is 12.2. The summed E-state index contributed by atoms with van der Waals surface area (Å²) in [5, 5.41) is 0.00983. The molecule has 0 aromatic heterocycles. The lowest BCUT2D eigenvalue weighted by molar-refractivity contribution is -0.226. The molecule has 2 nitrogen and oxygen atoms in total. The maximum absolute atomic E-state index is 7.04. The molecule has 3 heteroatoms. The van der Waals surface area contributed by atoms with E-state index in [1.165, 1.54) is 57.8 Å². The second-order valence-electron chi connectivity index (χ2n) is 13.6. The monoisotopic (exact) mass is 464 g/mol. The van der Waals surface area contributed by atoms with Crippen molar-refractivity contribution in [3.05, 3.63) is 0 Å². The fraction of sp³-hybridized carbons (Fsp3) is 1.00. The average Bonchev–Trinajstić information content (AvgIpc) is 3.34. The van der Waals surface area contributed by atoms with Crippen LogP contribution in [0.25, 0.3) is 0 Å². The van der Waals surface area contributed by atoms with Gasteiger partial charge in [-0.3, -0.25) is 0 Å². The van der Waals surface area contributed by atoms with E-state index in [2.05, 4.69) is 34.6 Å². The van der Waals surface area contributed by atoms with Crippen molar-refractivity contribution in [2.24, 2.45) is 52.3 Å². The van der Waals surface area contributed by atoms with Crippen LogP contribution in [0.3, 0.4) is 0 Å². The van der Waals surface area contributed by atoms with E-state index in [1.54, 1.807) is 0 Å². The molecule has 0 unspecified atom stereocenters. The predicted octanol–water partition coefficient (Wildman–Crippen LogP) is 8.07. The fourth-order valence-corrected chi connectivity index (χ4v) is 10.5. The van der Waals surface area contributed by atoms with Crippen LogP contribution < -0.4 is 0 Å². The van der Waals surface area contributed by atoms with Crippen LogP contribution in [0.5, 0.6) is 0 Å². The second-order valence-corrected chi connectivity index (χ2v) is 14.1. The van der Waals surface area contributed by atoms with Gasteiger partial charge in [-0.2, -0.15) is 0 Å². The molecule has 32 heavy (non-hydrogen) atoms. The summed E-state index contributed by atoms with van der Waals surface area (Å²) in [4.78, 5) is 0. The fourth-order valence-electron chi connectivity index (χ4n) is 9.99. The minimum Gasteiger partial charge on any atom is -0.346 e. The lowest BCUT2D eigenvalue weighted by Gasteiger charge is -2.63. The van der Waals surface area contributed by atoms with Crippen molar-refractivity contribution in [2.45, 2.75) is 116 Å². The van der Waals surface area contributed by atoms with Crippen molar-refractivity contribution in [1.82, 2.24) is 0 Å². The number of rotatable bonds is 5. The molecule has 5 aliphatic rings. The molecule has 0 aromatic carbocycles. The lowest BCUT2D eigenvalue weighted by atomic mass is 9.44. The van der Waals surface area contributed by atoms with E-state index < -0.39 is 5.79 Å². The number of hydrogen-bond acceptors (Lipinski definition) is 2. The van der Waals surface area contributed by atoms with Gasteiger partial charge in [0.25, 0.3) is 0 Å². The highest BCUT2D eigenvalue weighted by Crippen LogP contribution is 2.69. The Morgan fingerprint density at radius 3 is 2.28 bits per heavy atom. The number of halogens is 1. The summed E-state index contributed by atoms with van der Waals surface area (Å²) in [6.07, 6.45) is 15.0. The Balaban J connectivity index is 1.30. The molecule has 1 heterocycles. The molecule has 1 spiro atoms. The van der Waals surface area contributed by atoms with E-state index in [-0.39, 0.29) is 5.38 Å². The van der Waals surface area contributed by atoms with Gasteiger partial charge in [-0.15, -0.1) is 11.6 Å². The summed E-state index contributed by atoms with van der Waals surface area (Å²) in [5.74, 6) is 5.65. The van der Waals surface area contributed by atoms with Crippen LogP contribution in [-0.4, -0.2) is 24.4 Å². The predicted molar refractivity (Wildman–Crippen MR) is 133 cm³/mol. The summed E-state index contributed by atoms with van der Waals surface area (Å²) in [6.45, 7) is 14.1. The van der Waals surface area contributed by atoms with Crippen molar-refractivity contribution in [1.29, 1.82) is 0 Å². The second kappa shape index (κ2) is 8.70. The maximum atomic E-state index is 7.04. The van der Waals surface area contributed by atoms with Gasteiger partial charge in [0, 0.05) is 6.42 Å². The van der Waals surface area contributed by atoms with Crippen LogP contribution >= 0.6 is 11.6 Å². The molecular weight excluding hydrogens is 416 g/mol. The quantitative estimate of drug-likeness (QED) is 0.383. The first-order valence-electron chi connectivity index (χ1n) is 14.1. The van der Waals surface area contributed by atoms with Gasteiger partial charge in [0.05, 0.1) is 18.6 Å². The summed E-state index contributed by atoms with van der Waals surface area (Å²) < 4.78 is 12.3. The first kappa shape index (κ1) is 23.9. The van der Waals surface area contributed by atoms with Crippen molar-refractivity contribution in [2.75, 3.05) is 13.2 Å². The third kappa shape index (κ3) is 3.72. The van der Waals surface area contributed by atoms with Crippen LogP contribution in [0.4, 0.5) is 0 Å². The SMILES string of the molecule is CC(C)CCC[C@@H](C)[C@H]1CC[C@H]2[C@@H]3CC[C@H]4CC5(OCCO5)[C@H](Cl)C[C@]4(C)[C@H]3CC[C@]12C. The number of alkyl halides is 1. The number of fused-ring (bicyclic) bond motifs is 5. The number of ether oxygens (including phenoxy) is 2. The van der Waals surface area contributed by atoms with Crippen molar-refractivity contribution in [3.63, 3.8) is 0 Å². The molecule has 9 atom stereocenters. The van der Waals surface area contributed by atoms with Gasteiger partial charge >= 0.3 is 0 Å². The van der Waals surface area contributed by atoms with E-state index >= 15 is 0 Å². The zero-order chi connectivity index (χ0) is 22.7. The Morgan fingerprint density at radius 1 is 0.844 bits per heavy atom. The van der Waals surface area contributed by atoms with Gasteiger partial charge in [0.2, 0.25) is 0 Å². The standard InChI is InChI=1S/C29H49ClO2/c1-19(2)7-6-8-20(3)23-11-12-24-22-10-9-21-17-29(31-15-16-32-29)26(30)18-28(21,5)25(22)13-14-27(23,24)4/h19-26H,6-18H2,1-5H3/t20-,21+,22+,23-,24+,25+,26-,27-,28+/m1/s1. The summed E-state index contributed by atoms with van der Waals surface area (Å²) in [6, 6.07) is 0. The molecule has 0 bridgehead atoms.